The van der Waals surface area contributed by atoms with Crippen LogP contribution in [0.15, 0.2) is 24.3 Å². The fourth-order valence-corrected chi connectivity index (χ4v) is 2.51. The molecule has 1 aromatic heterocycles. The monoisotopic (exact) mass is 379 g/mol. The molecule has 8 heteroatoms. The molecule has 0 unspecified atom stereocenters. The van der Waals surface area contributed by atoms with Crippen LogP contribution in [-0.2, 0) is 11.2 Å². The quantitative estimate of drug-likeness (QED) is 0.690. The number of hydrogen-bond donors (Lipinski definition) is 2. The second-order valence-electron chi connectivity index (χ2n) is 6.08. The maximum atomic E-state index is 13.1. The van der Waals surface area contributed by atoms with E-state index in [1.54, 1.807) is 12.1 Å². The third-order valence-corrected chi connectivity index (χ3v) is 3.95. The summed E-state index contributed by atoms with van der Waals surface area (Å²) < 4.78 is 13.1. The van der Waals surface area contributed by atoms with Gasteiger partial charge >= 0.3 is 0 Å². The van der Waals surface area contributed by atoms with Crippen molar-refractivity contribution in [1.82, 2.24) is 15.3 Å². The number of benzene rings is 1. The van der Waals surface area contributed by atoms with Gasteiger partial charge in [0.25, 0.3) is 0 Å². The van der Waals surface area contributed by atoms with Crippen LogP contribution < -0.4 is 15.5 Å². The first-order valence-electron chi connectivity index (χ1n) is 8.32. The van der Waals surface area contributed by atoms with Gasteiger partial charge in [-0.05, 0) is 31.0 Å². The molecule has 2 rings (SSSR count). The molecular formula is C18H23ClFN5O. The third-order valence-electron chi connectivity index (χ3n) is 3.66. The van der Waals surface area contributed by atoms with Gasteiger partial charge in [0, 0.05) is 39.7 Å². The number of halogens is 2. The molecule has 0 fully saturated rings. The fraction of sp³-hybridized carbons (Fsp3) is 0.389. The highest BCUT2D eigenvalue weighted by molar-refractivity contribution is 6.30. The highest BCUT2D eigenvalue weighted by Crippen LogP contribution is 2.17. The van der Waals surface area contributed by atoms with E-state index < -0.39 is 5.82 Å². The minimum atomic E-state index is -0.455. The normalized spacial score (nSPS) is 10.5. The van der Waals surface area contributed by atoms with Crippen LogP contribution in [0.5, 0.6) is 0 Å². The average Bonchev–Trinajstić information content (AvgIpc) is 2.59. The fourth-order valence-electron chi connectivity index (χ4n) is 2.31. The number of amides is 1. The zero-order chi connectivity index (χ0) is 19.1. The molecule has 1 heterocycles. The van der Waals surface area contributed by atoms with Crippen LogP contribution in [0.1, 0.15) is 17.8 Å². The van der Waals surface area contributed by atoms with Gasteiger partial charge in [0.15, 0.2) is 0 Å². The summed E-state index contributed by atoms with van der Waals surface area (Å²) in [5.74, 6) is 1.70. The third kappa shape index (κ3) is 6.15. The van der Waals surface area contributed by atoms with Gasteiger partial charge in [0.05, 0.1) is 5.02 Å². The van der Waals surface area contributed by atoms with Crippen LogP contribution in [0.4, 0.5) is 16.0 Å². The van der Waals surface area contributed by atoms with Gasteiger partial charge in [-0.2, -0.15) is 0 Å². The molecule has 0 aliphatic carbocycles. The predicted octanol–water partition coefficient (Wildman–Crippen LogP) is 2.80. The number of anilines is 2. The second-order valence-corrected chi connectivity index (χ2v) is 6.49. The Labute approximate surface area is 157 Å². The van der Waals surface area contributed by atoms with E-state index in [1.165, 1.54) is 6.07 Å². The van der Waals surface area contributed by atoms with Crippen molar-refractivity contribution in [3.8, 4) is 0 Å². The Morgan fingerprint density at radius 1 is 1.23 bits per heavy atom. The van der Waals surface area contributed by atoms with Crippen LogP contribution >= 0.6 is 11.6 Å². The average molecular weight is 380 g/mol. The maximum Gasteiger partial charge on any atom is 0.220 e. The molecule has 0 radical (unpaired) electrons. The number of carbonyl (C=O) groups excluding carboxylic acids is 1. The highest BCUT2D eigenvalue weighted by Gasteiger charge is 2.06. The van der Waals surface area contributed by atoms with E-state index in [1.807, 2.05) is 32.0 Å². The van der Waals surface area contributed by atoms with Crippen LogP contribution in [0.2, 0.25) is 5.02 Å². The first kappa shape index (κ1) is 19.9. The molecule has 0 aliphatic rings. The number of nitrogens with one attached hydrogen (secondary N) is 2. The number of nitrogens with zero attached hydrogens (tertiary/aromatic N) is 3. The molecular weight excluding hydrogens is 357 g/mol. The Bertz CT molecular complexity index is 769. The number of carbonyl (C=O) groups is 1. The van der Waals surface area contributed by atoms with Crippen molar-refractivity contribution in [3.63, 3.8) is 0 Å². The Hall–Kier alpha value is -2.41. The van der Waals surface area contributed by atoms with E-state index in [0.29, 0.717) is 31.8 Å². The van der Waals surface area contributed by atoms with E-state index in [-0.39, 0.29) is 10.9 Å². The van der Waals surface area contributed by atoms with Crippen LogP contribution in [0.3, 0.4) is 0 Å². The molecule has 1 aromatic carbocycles. The number of hydrogen-bond acceptors (Lipinski definition) is 5. The Kier molecular flexibility index (Phi) is 7.15. The van der Waals surface area contributed by atoms with Crippen molar-refractivity contribution in [1.29, 1.82) is 0 Å². The van der Waals surface area contributed by atoms with Crippen molar-refractivity contribution < 1.29 is 9.18 Å². The van der Waals surface area contributed by atoms with Gasteiger partial charge in [0.2, 0.25) is 5.91 Å². The molecule has 140 valence electrons. The van der Waals surface area contributed by atoms with E-state index >= 15 is 0 Å². The summed E-state index contributed by atoms with van der Waals surface area (Å²) in [5.41, 5.74) is 0.831. The molecule has 0 aliphatic heterocycles. The Balaban J connectivity index is 1.72. The van der Waals surface area contributed by atoms with Crippen molar-refractivity contribution in [2.45, 2.75) is 19.8 Å². The summed E-state index contributed by atoms with van der Waals surface area (Å²) in [5, 5.41) is 6.08. The van der Waals surface area contributed by atoms with E-state index in [2.05, 4.69) is 20.6 Å². The minimum absolute atomic E-state index is 0.0694. The van der Waals surface area contributed by atoms with E-state index in [4.69, 9.17) is 11.6 Å². The van der Waals surface area contributed by atoms with Crippen molar-refractivity contribution >= 4 is 29.1 Å². The van der Waals surface area contributed by atoms with Crippen molar-refractivity contribution in [2.75, 3.05) is 37.4 Å². The van der Waals surface area contributed by atoms with Crippen LogP contribution in [-0.4, -0.2) is 43.1 Å². The largest absolute Gasteiger partial charge is 0.368 e. The molecule has 0 atom stereocenters. The van der Waals surface area contributed by atoms with Crippen molar-refractivity contribution in [2.24, 2.45) is 0 Å². The van der Waals surface area contributed by atoms with Crippen LogP contribution in [0, 0.1) is 12.7 Å². The Morgan fingerprint density at radius 3 is 2.69 bits per heavy atom. The maximum absolute atomic E-state index is 13.1. The molecule has 6 nitrogen and oxygen atoms in total. The summed E-state index contributed by atoms with van der Waals surface area (Å²) in [6.45, 7) is 2.86. The lowest BCUT2D eigenvalue weighted by molar-refractivity contribution is -0.120. The topological polar surface area (TPSA) is 70.2 Å². The first-order valence-corrected chi connectivity index (χ1v) is 8.70. The zero-order valence-corrected chi connectivity index (χ0v) is 15.9. The SMILES string of the molecule is Cc1nc(NCCNC(=O)CCc2ccc(F)c(Cl)c2)cc(N(C)C)n1. The molecule has 1 amide bonds. The number of rotatable bonds is 8. The zero-order valence-electron chi connectivity index (χ0n) is 15.1. The van der Waals surface area contributed by atoms with Gasteiger partial charge in [-0.25, -0.2) is 14.4 Å². The Morgan fingerprint density at radius 2 is 2.00 bits per heavy atom. The standard InChI is InChI=1S/C18H23ClFN5O/c1-12-23-16(11-17(24-12)25(2)3)21-8-9-22-18(26)7-5-13-4-6-15(20)14(19)10-13/h4,6,10-11H,5,7-9H2,1-3H3,(H,22,26)(H,21,23,24). The molecule has 0 saturated heterocycles. The molecule has 0 saturated carbocycles. The summed E-state index contributed by atoms with van der Waals surface area (Å²) >= 11 is 5.73. The van der Waals surface area contributed by atoms with Crippen molar-refractivity contribution in [3.05, 3.63) is 46.5 Å². The van der Waals surface area contributed by atoms with Gasteiger partial charge in [0.1, 0.15) is 23.3 Å². The van der Waals surface area contributed by atoms with Crippen LogP contribution in [0.25, 0.3) is 0 Å². The highest BCUT2D eigenvalue weighted by atomic mass is 35.5. The summed E-state index contributed by atoms with van der Waals surface area (Å²) in [4.78, 5) is 22.5. The molecule has 2 aromatic rings. The number of aryl methyl sites for hydroxylation is 2. The van der Waals surface area contributed by atoms with Gasteiger partial charge in [-0.1, -0.05) is 17.7 Å². The second kappa shape index (κ2) is 9.33. The summed E-state index contributed by atoms with van der Waals surface area (Å²) in [6.07, 6.45) is 0.829. The lowest BCUT2D eigenvalue weighted by Gasteiger charge is -2.14. The van der Waals surface area contributed by atoms with E-state index in [0.717, 1.165) is 17.2 Å². The van der Waals surface area contributed by atoms with Gasteiger partial charge in [-0.15, -0.1) is 0 Å². The predicted molar refractivity (Wildman–Crippen MR) is 102 cm³/mol. The molecule has 26 heavy (non-hydrogen) atoms. The molecule has 0 bridgehead atoms. The smallest absolute Gasteiger partial charge is 0.220 e. The van der Waals surface area contributed by atoms with Gasteiger partial charge in [-0.3, -0.25) is 4.79 Å². The minimum Gasteiger partial charge on any atom is -0.368 e. The summed E-state index contributed by atoms with van der Waals surface area (Å²) in [7, 11) is 3.83. The summed E-state index contributed by atoms with van der Waals surface area (Å²) in [6, 6.07) is 6.35. The van der Waals surface area contributed by atoms with E-state index in [9.17, 15) is 9.18 Å². The molecule has 2 N–H and O–H groups in total. The number of aromatic nitrogens is 2. The lowest BCUT2D eigenvalue weighted by Crippen LogP contribution is -2.29. The van der Waals surface area contributed by atoms with Gasteiger partial charge < -0.3 is 15.5 Å². The first-order chi connectivity index (χ1) is 12.3. The lowest BCUT2D eigenvalue weighted by atomic mass is 10.1. The molecule has 0 spiro atoms.